The lowest BCUT2D eigenvalue weighted by atomic mass is 10.0. The molecule has 102 valence electrons. The molecule has 5 nitrogen and oxygen atoms in total. The minimum Gasteiger partial charge on any atom is -0.396 e. The summed E-state index contributed by atoms with van der Waals surface area (Å²) in [6.45, 7) is 3.00. The van der Waals surface area contributed by atoms with Gasteiger partial charge in [0.05, 0.1) is 0 Å². The van der Waals surface area contributed by atoms with E-state index in [0.29, 0.717) is 18.8 Å². The Labute approximate surface area is 112 Å². The number of hydrogen-bond acceptors (Lipinski definition) is 3. The highest BCUT2D eigenvalue weighted by atomic mass is 16.3. The zero-order valence-corrected chi connectivity index (χ0v) is 11.2. The summed E-state index contributed by atoms with van der Waals surface area (Å²) < 4.78 is 0. The molecule has 1 atom stereocenters. The van der Waals surface area contributed by atoms with Gasteiger partial charge in [0.15, 0.2) is 0 Å². The number of anilines is 1. The Morgan fingerprint density at radius 1 is 1.26 bits per heavy atom. The van der Waals surface area contributed by atoms with Crippen LogP contribution in [-0.4, -0.2) is 48.6 Å². The highest BCUT2D eigenvalue weighted by Gasteiger charge is 2.31. The molecular formula is C14H18N2O3. The molecule has 19 heavy (non-hydrogen) atoms. The Balaban J connectivity index is 2.27. The summed E-state index contributed by atoms with van der Waals surface area (Å²) in [5, 5.41) is 9.18. The Morgan fingerprint density at radius 3 is 2.68 bits per heavy atom. The van der Waals surface area contributed by atoms with E-state index in [1.54, 1.807) is 7.05 Å². The van der Waals surface area contributed by atoms with Crippen molar-refractivity contribution in [1.29, 1.82) is 0 Å². The molecule has 0 aliphatic carbocycles. The van der Waals surface area contributed by atoms with Crippen molar-refractivity contribution in [2.75, 3.05) is 31.6 Å². The van der Waals surface area contributed by atoms with E-state index < -0.39 is 11.8 Å². The number of aliphatic hydroxyl groups is 1. The van der Waals surface area contributed by atoms with Gasteiger partial charge in [0.2, 0.25) is 0 Å². The standard InChI is InChI=1S/C14H18N2O3/c1-10(9-17)11-4-3-5-12(8-11)16-7-6-15(2)13(18)14(16)19/h3-5,8,10,17H,6-7,9H2,1-2H3. The molecule has 1 aliphatic heterocycles. The van der Waals surface area contributed by atoms with Crippen LogP contribution in [0, 0.1) is 0 Å². The molecule has 1 saturated heterocycles. The molecule has 1 unspecified atom stereocenters. The van der Waals surface area contributed by atoms with Crippen molar-refractivity contribution < 1.29 is 14.7 Å². The largest absolute Gasteiger partial charge is 0.396 e. The maximum absolute atomic E-state index is 12.0. The number of amides is 2. The molecule has 0 bridgehead atoms. The highest BCUT2D eigenvalue weighted by molar-refractivity contribution is 6.40. The van der Waals surface area contributed by atoms with Crippen LogP contribution in [0.1, 0.15) is 18.4 Å². The van der Waals surface area contributed by atoms with E-state index >= 15 is 0 Å². The maximum Gasteiger partial charge on any atom is 0.316 e. The van der Waals surface area contributed by atoms with Crippen molar-refractivity contribution in [3.05, 3.63) is 29.8 Å². The first kappa shape index (κ1) is 13.5. The van der Waals surface area contributed by atoms with E-state index in [-0.39, 0.29) is 12.5 Å². The number of aliphatic hydroxyl groups excluding tert-OH is 1. The van der Waals surface area contributed by atoms with Crippen LogP contribution in [0.4, 0.5) is 5.69 Å². The third-order valence-electron chi connectivity index (χ3n) is 3.46. The molecule has 0 spiro atoms. The minimum absolute atomic E-state index is 0.0122. The number of hydrogen-bond donors (Lipinski definition) is 1. The molecule has 0 aromatic heterocycles. The first-order valence-corrected chi connectivity index (χ1v) is 6.32. The van der Waals surface area contributed by atoms with Gasteiger partial charge in [-0.3, -0.25) is 9.59 Å². The van der Waals surface area contributed by atoms with Crippen LogP contribution in [0.25, 0.3) is 0 Å². The lowest BCUT2D eigenvalue weighted by Gasteiger charge is -2.31. The van der Waals surface area contributed by atoms with Crippen molar-refractivity contribution in [3.8, 4) is 0 Å². The van der Waals surface area contributed by atoms with Crippen molar-refractivity contribution in [2.24, 2.45) is 0 Å². The van der Waals surface area contributed by atoms with Crippen molar-refractivity contribution in [1.82, 2.24) is 4.90 Å². The Hall–Kier alpha value is -1.88. The Kier molecular flexibility index (Phi) is 3.85. The van der Waals surface area contributed by atoms with Crippen molar-refractivity contribution in [2.45, 2.75) is 12.8 Å². The van der Waals surface area contributed by atoms with E-state index in [0.717, 1.165) is 5.56 Å². The molecule has 1 aliphatic rings. The molecule has 0 saturated carbocycles. The van der Waals surface area contributed by atoms with Gasteiger partial charge in [0.1, 0.15) is 0 Å². The number of piperazine rings is 1. The monoisotopic (exact) mass is 262 g/mol. The van der Waals surface area contributed by atoms with Crippen LogP contribution in [0.2, 0.25) is 0 Å². The summed E-state index contributed by atoms with van der Waals surface area (Å²) in [6, 6.07) is 7.42. The number of carbonyl (C=O) groups is 2. The molecular weight excluding hydrogens is 244 g/mol. The molecule has 2 amide bonds. The number of likely N-dealkylation sites (N-methyl/N-ethyl adjacent to an activating group) is 1. The molecule has 1 heterocycles. The fraction of sp³-hybridized carbons (Fsp3) is 0.429. The SMILES string of the molecule is CC(CO)c1cccc(N2CCN(C)C(=O)C2=O)c1. The number of nitrogens with zero attached hydrogens (tertiary/aromatic N) is 2. The van der Waals surface area contributed by atoms with Gasteiger partial charge in [-0.25, -0.2) is 0 Å². The number of benzene rings is 1. The van der Waals surface area contributed by atoms with E-state index in [4.69, 9.17) is 0 Å². The minimum atomic E-state index is -0.498. The summed E-state index contributed by atoms with van der Waals surface area (Å²) in [5.74, 6) is -0.965. The third-order valence-corrected chi connectivity index (χ3v) is 3.46. The maximum atomic E-state index is 12.0. The first-order valence-electron chi connectivity index (χ1n) is 6.32. The lowest BCUT2D eigenvalue weighted by Crippen LogP contribution is -2.53. The summed E-state index contributed by atoms with van der Waals surface area (Å²) in [7, 11) is 1.63. The van der Waals surface area contributed by atoms with Crippen LogP contribution < -0.4 is 4.90 Å². The fourth-order valence-electron chi connectivity index (χ4n) is 2.08. The topological polar surface area (TPSA) is 60.9 Å². The van der Waals surface area contributed by atoms with Gasteiger partial charge in [0, 0.05) is 38.3 Å². The average Bonchev–Trinajstić information content (AvgIpc) is 2.44. The van der Waals surface area contributed by atoms with Crippen LogP contribution in [0.3, 0.4) is 0 Å². The Bertz CT molecular complexity index is 501. The van der Waals surface area contributed by atoms with Crippen LogP contribution >= 0.6 is 0 Å². The lowest BCUT2D eigenvalue weighted by molar-refractivity contribution is -0.145. The summed E-state index contributed by atoms with van der Waals surface area (Å²) in [6.07, 6.45) is 0. The van der Waals surface area contributed by atoms with E-state index in [2.05, 4.69) is 0 Å². The number of carbonyl (C=O) groups excluding carboxylic acids is 2. The number of rotatable bonds is 3. The van der Waals surface area contributed by atoms with Crippen LogP contribution in [0.15, 0.2) is 24.3 Å². The fourth-order valence-corrected chi connectivity index (χ4v) is 2.08. The van der Waals surface area contributed by atoms with Gasteiger partial charge in [-0.2, -0.15) is 0 Å². The predicted molar refractivity (Wildman–Crippen MR) is 71.9 cm³/mol. The summed E-state index contributed by atoms with van der Waals surface area (Å²) in [5.41, 5.74) is 1.67. The molecule has 1 fully saturated rings. The second-order valence-corrected chi connectivity index (χ2v) is 4.86. The third kappa shape index (κ3) is 2.61. The van der Waals surface area contributed by atoms with Crippen molar-refractivity contribution >= 4 is 17.5 Å². The second kappa shape index (κ2) is 5.40. The van der Waals surface area contributed by atoms with Gasteiger partial charge < -0.3 is 14.9 Å². The molecule has 5 heteroatoms. The zero-order valence-electron chi connectivity index (χ0n) is 11.2. The smallest absolute Gasteiger partial charge is 0.316 e. The van der Waals surface area contributed by atoms with Gasteiger partial charge in [0.25, 0.3) is 0 Å². The van der Waals surface area contributed by atoms with E-state index in [1.165, 1.54) is 9.80 Å². The quantitative estimate of drug-likeness (QED) is 0.811. The molecule has 1 aromatic rings. The Morgan fingerprint density at radius 2 is 2.00 bits per heavy atom. The van der Waals surface area contributed by atoms with Gasteiger partial charge in [-0.05, 0) is 17.7 Å². The highest BCUT2D eigenvalue weighted by Crippen LogP contribution is 2.23. The molecule has 2 rings (SSSR count). The average molecular weight is 262 g/mol. The van der Waals surface area contributed by atoms with Gasteiger partial charge >= 0.3 is 11.8 Å². The molecule has 1 aromatic carbocycles. The van der Waals surface area contributed by atoms with E-state index in [1.807, 2.05) is 31.2 Å². The van der Waals surface area contributed by atoms with E-state index in [9.17, 15) is 14.7 Å². The van der Waals surface area contributed by atoms with Crippen LogP contribution in [0.5, 0.6) is 0 Å². The summed E-state index contributed by atoms with van der Waals surface area (Å²) in [4.78, 5) is 26.6. The van der Waals surface area contributed by atoms with Gasteiger partial charge in [-0.15, -0.1) is 0 Å². The van der Waals surface area contributed by atoms with Crippen molar-refractivity contribution in [3.63, 3.8) is 0 Å². The normalized spacial score (nSPS) is 17.8. The van der Waals surface area contributed by atoms with Gasteiger partial charge in [-0.1, -0.05) is 19.1 Å². The zero-order chi connectivity index (χ0) is 14.0. The molecule has 0 radical (unpaired) electrons. The van der Waals surface area contributed by atoms with Crippen LogP contribution in [-0.2, 0) is 9.59 Å². The second-order valence-electron chi connectivity index (χ2n) is 4.86. The summed E-state index contributed by atoms with van der Waals surface area (Å²) >= 11 is 0. The first-order chi connectivity index (χ1) is 9.04. The molecule has 1 N–H and O–H groups in total. The predicted octanol–water partition coefficient (Wildman–Crippen LogP) is 0.587.